The van der Waals surface area contributed by atoms with E-state index in [1.807, 2.05) is 42.2 Å². The highest BCUT2D eigenvalue weighted by Gasteiger charge is 2.30. The molecule has 164 valence electrons. The van der Waals surface area contributed by atoms with Crippen LogP contribution in [0.15, 0.2) is 72.8 Å². The summed E-state index contributed by atoms with van der Waals surface area (Å²) in [4.78, 5) is 29.0. The van der Waals surface area contributed by atoms with E-state index in [-0.39, 0.29) is 17.6 Å². The van der Waals surface area contributed by atoms with Crippen molar-refractivity contribution in [1.29, 1.82) is 0 Å². The van der Waals surface area contributed by atoms with Gasteiger partial charge in [-0.05, 0) is 55.3 Å². The first kappa shape index (κ1) is 21.5. The van der Waals surface area contributed by atoms with Crippen LogP contribution >= 0.6 is 0 Å². The lowest BCUT2D eigenvalue weighted by Crippen LogP contribution is -2.50. The number of rotatable bonds is 5. The van der Waals surface area contributed by atoms with E-state index < -0.39 is 17.5 Å². The smallest absolute Gasteiger partial charge is 0.322 e. The van der Waals surface area contributed by atoms with E-state index in [9.17, 15) is 18.4 Å². The van der Waals surface area contributed by atoms with Crippen molar-refractivity contribution < 1.29 is 18.4 Å². The zero-order chi connectivity index (χ0) is 22.7. The minimum absolute atomic E-state index is 0.0457. The molecule has 1 saturated heterocycles. The van der Waals surface area contributed by atoms with E-state index in [1.165, 1.54) is 0 Å². The molecule has 0 spiro atoms. The first-order valence-corrected chi connectivity index (χ1v) is 10.4. The summed E-state index contributed by atoms with van der Waals surface area (Å²) < 4.78 is 26.9. The number of anilines is 2. The molecule has 1 fully saturated rings. The van der Waals surface area contributed by atoms with E-state index in [2.05, 4.69) is 5.32 Å². The van der Waals surface area contributed by atoms with Gasteiger partial charge in [0.1, 0.15) is 11.6 Å². The predicted octanol–water partition coefficient (Wildman–Crippen LogP) is 5.61. The van der Waals surface area contributed by atoms with Gasteiger partial charge in [0, 0.05) is 30.5 Å². The Kier molecular flexibility index (Phi) is 6.16. The summed E-state index contributed by atoms with van der Waals surface area (Å²) in [7, 11) is 0. The van der Waals surface area contributed by atoms with Gasteiger partial charge >= 0.3 is 6.03 Å². The van der Waals surface area contributed by atoms with Crippen LogP contribution in [0.3, 0.4) is 0 Å². The van der Waals surface area contributed by atoms with Crippen molar-refractivity contribution in [3.05, 3.63) is 95.6 Å². The predicted molar refractivity (Wildman–Crippen MR) is 120 cm³/mol. The molecular weight excluding hydrogens is 412 g/mol. The van der Waals surface area contributed by atoms with Crippen LogP contribution in [0.2, 0.25) is 0 Å². The van der Waals surface area contributed by atoms with Crippen LogP contribution in [-0.4, -0.2) is 29.9 Å². The molecule has 1 atom stereocenters. The Bertz CT molecular complexity index is 1120. The zero-order valence-corrected chi connectivity index (χ0v) is 17.6. The van der Waals surface area contributed by atoms with Crippen molar-refractivity contribution in [2.24, 2.45) is 0 Å². The molecule has 1 N–H and O–H groups in total. The van der Waals surface area contributed by atoms with Crippen LogP contribution in [0, 0.1) is 11.6 Å². The molecular formula is C25H23F2N3O2. The Labute approximate surface area is 185 Å². The molecule has 1 aliphatic heterocycles. The molecule has 32 heavy (non-hydrogen) atoms. The molecule has 1 heterocycles. The quantitative estimate of drug-likeness (QED) is 0.566. The second-order valence-corrected chi connectivity index (χ2v) is 7.69. The number of nitrogens with one attached hydrogen (secondary N) is 1. The highest BCUT2D eigenvalue weighted by molar-refractivity contribution is 6.04. The summed E-state index contributed by atoms with van der Waals surface area (Å²) in [6, 6.07) is 19.4. The van der Waals surface area contributed by atoms with Gasteiger partial charge in [0.25, 0.3) is 5.91 Å². The maximum Gasteiger partial charge on any atom is 0.324 e. The number of benzene rings is 3. The lowest BCUT2D eigenvalue weighted by Gasteiger charge is -2.39. The molecule has 7 heteroatoms. The van der Waals surface area contributed by atoms with Gasteiger partial charge in [0.2, 0.25) is 0 Å². The van der Waals surface area contributed by atoms with Crippen LogP contribution in [0.1, 0.15) is 35.3 Å². The van der Waals surface area contributed by atoms with Gasteiger partial charge < -0.3 is 10.2 Å². The fraction of sp³-hybridized carbons (Fsp3) is 0.200. The summed E-state index contributed by atoms with van der Waals surface area (Å²) >= 11 is 0. The van der Waals surface area contributed by atoms with E-state index in [1.54, 1.807) is 29.2 Å². The number of carbonyl (C=O) groups is 2. The average Bonchev–Trinajstić information content (AvgIpc) is 2.80. The molecule has 0 saturated carbocycles. The second-order valence-electron chi connectivity index (χ2n) is 7.69. The number of nitrogens with zero attached hydrogens (tertiary/aromatic N) is 2. The molecule has 0 bridgehead atoms. The molecule has 1 aliphatic rings. The minimum atomic E-state index is -0.925. The monoisotopic (exact) mass is 435 g/mol. The molecule has 3 aromatic rings. The summed E-state index contributed by atoms with van der Waals surface area (Å²) in [5, 5.41) is 2.59. The van der Waals surface area contributed by atoms with Gasteiger partial charge in [-0.1, -0.05) is 30.3 Å². The second kappa shape index (κ2) is 9.18. The van der Waals surface area contributed by atoms with Gasteiger partial charge in [-0.15, -0.1) is 0 Å². The molecule has 5 nitrogen and oxygen atoms in total. The number of hydrogen-bond acceptors (Lipinski definition) is 2. The van der Waals surface area contributed by atoms with Gasteiger partial charge in [-0.25, -0.2) is 13.6 Å². The molecule has 3 amide bonds. The lowest BCUT2D eigenvalue weighted by atomic mass is 10.1. The number of halogens is 2. The van der Waals surface area contributed by atoms with Crippen LogP contribution in [0.5, 0.6) is 0 Å². The topological polar surface area (TPSA) is 52.6 Å². The Morgan fingerprint density at radius 1 is 0.969 bits per heavy atom. The van der Waals surface area contributed by atoms with Crippen molar-refractivity contribution in [2.45, 2.75) is 19.4 Å². The lowest BCUT2D eigenvalue weighted by molar-refractivity contribution is 0.102. The van der Waals surface area contributed by atoms with Crippen LogP contribution in [0.4, 0.5) is 25.0 Å². The highest BCUT2D eigenvalue weighted by Crippen LogP contribution is 2.28. The van der Waals surface area contributed by atoms with Gasteiger partial charge in [-0.2, -0.15) is 0 Å². The third-order valence-electron chi connectivity index (χ3n) is 5.62. The summed E-state index contributed by atoms with van der Waals surface area (Å²) in [6.45, 7) is 3.30. The Morgan fingerprint density at radius 3 is 2.38 bits per heavy atom. The first-order valence-electron chi connectivity index (χ1n) is 10.4. The summed E-state index contributed by atoms with van der Waals surface area (Å²) in [5.74, 6) is -2.34. The molecule has 0 aliphatic carbocycles. The fourth-order valence-corrected chi connectivity index (χ4v) is 3.85. The van der Waals surface area contributed by atoms with Crippen LogP contribution in [0.25, 0.3) is 0 Å². The summed E-state index contributed by atoms with van der Waals surface area (Å²) in [5.41, 5.74) is 1.99. The molecule has 0 aromatic heterocycles. The summed E-state index contributed by atoms with van der Waals surface area (Å²) in [6.07, 6.45) is 0.839. The maximum atomic E-state index is 13.8. The largest absolute Gasteiger partial charge is 0.324 e. The molecule has 4 rings (SSSR count). The SMILES string of the molecule is C[C@H](c1ccccc1)N1CCCN(c2ccc(NC(=O)c3ccc(F)cc3F)cc2)C1=O. The third kappa shape index (κ3) is 4.46. The normalized spacial score (nSPS) is 14.9. The maximum absolute atomic E-state index is 13.8. The number of hydrogen-bond donors (Lipinski definition) is 1. The third-order valence-corrected chi connectivity index (χ3v) is 5.62. The van der Waals surface area contributed by atoms with Gasteiger partial charge in [0.15, 0.2) is 0 Å². The van der Waals surface area contributed by atoms with Crippen LogP contribution < -0.4 is 10.2 Å². The van der Waals surface area contributed by atoms with Crippen molar-refractivity contribution >= 4 is 23.3 Å². The first-order chi connectivity index (χ1) is 15.4. The van der Waals surface area contributed by atoms with E-state index in [0.29, 0.717) is 30.5 Å². The zero-order valence-electron chi connectivity index (χ0n) is 17.6. The average molecular weight is 435 g/mol. The Balaban J connectivity index is 1.46. The Morgan fingerprint density at radius 2 is 1.69 bits per heavy atom. The molecule has 3 aromatic carbocycles. The van der Waals surface area contributed by atoms with Crippen molar-refractivity contribution in [1.82, 2.24) is 4.90 Å². The van der Waals surface area contributed by atoms with Crippen LogP contribution in [-0.2, 0) is 0 Å². The van der Waals surface area contributed by atoms with Gasteiger partial charge in [-0.3, -0.25) is 9.69 Å². The van der Waals surface area contributed by atoms with Crippen molar-refractivity contribution in [3.8, 4) is 0 Å². The minimum Gasteiger partial charge on any atom is -0.322 e. The van der Waals surface area contributed by atoms with E-state index in [4.69, 9.17) is 0 Å². The number of carbonyl (C=O) groups excluding carboxylic acids is 2. The fourth-order valence-electron chi connectivity index (χ4n) is 3.85. The standard InChI is InChI=1S/C25H23F2N3O2/c1-17(18-6-3-2-4-7-18)29-14-5-15-30(25(29)32)21-11-9-20(10-12-21)28-24(31)22-13-8-19(26)16-23(22)27/h2-4,6-13,16-17H,5,14-15H2,1H3,(H,28,31)/t17-/m1/s1. The van der Waals surface area contributed by atoms with Crippen molar-refractivity contribution in [3.63, 3.8) is 0 Å². The van der Waals surface area contributed by atoms with Gasteiger partial charge in [0.05, 0.1) is 11.6 Å². The number of urea groups is 1. The van der Waals surface area contributed by atoms with E-state index in [0.717, 1.165) is 24.1 Å². The Hall–Kier alpha value is -3.74. The molecule has 0 unspecified atom stereocenters. The highest BCUT2D eigenvalue weighted by atomic mass is 19.1. The van der Waals surface area contributed by atoms with Crippen molar-refractivity contribution in [2.75, 3.05) is 23.3 Å². The molecule has 0 radical (unpaired) electrons. The van der Waals surface area contributed by atoms with E-state index >= 15 is 0 Å². The number of amides is 3.